The molecule has 0 amide bonds. The molecule has 5 heteroatoms. The zero-order valence-electron chi connectivity index (χ0n) is 18.5. The van der Waals surface area contributed by atoms with Crippen molar-refractivity contribution in [2.24, 2.45) is 0 Å². The molecule has 1 aliphatic carbocycles. The minimum Gasteiger partial charge on any atom is -0.379 e. The van der Waals surface area contributed by atoms with Gasteiger partial charge in [-0.05, 0) is 25.0 Å². The predicted octanol–water partition coefficient (Wildman–Crippen LogP) is 5.55. The SMILES string of the molecule is c1ccc2c(NC3CCCCCCCCCCC3)nc(CN3CCOCC3)nc2c1. The van der Waals surface area contributed by atoms with Gasteiger partial charge in [-0.15, -0.1) is 0 Å². The van der Waals surface area contributed by atoms with Crippen LogP contribution in [0.5, 0.6) is 0 Å². The van der Waals surface area contributed by atoms with Crippen LogP contribution in [0.2, 0.25) is 0 Å². The van der Waals surface area contributed by atoms with Gasteiger partial charge >= 0.3 is 0 Å². The van der Waals surface area contributed by atoms with Crippen LogP contribution < -0.4 is 5.32 Å². The molecule has 2 aromatic rings. The molecule has 0 bridgehead atoms. The van der Waals surface area contributed by atoms with Crippen LogP contribution in [0.1, 0.15) is 76.5 Å². The molecule has 1 aromatic carbocycles. The Bertz CT molecular complexity index is 763. The van der Waals surface area contributed by atoms with E-state index in [1.54, 1.807) is 0 Å². The molecule has 1 N–H and O–H groups in total. The molecule has 2 aliphatic rings. The molecule has 5 nitrogen and oxygen atoms in total. The smallest absolute Gasteiger partial charge is 0.145 e. The highest BCUT2D eigenvalue weighted by atomic mass is 16.5. The largest absolute Gasteiger partial charge is 0.379 e. The zero-order valence-corrected chi connectivity index (χ0v) is 18.5. The molecule has 164 valence electrons. The Kier molecular flexibility index (Phi) is 8.33. The monoisotopic (exact) mass is 410 g/mol. The van der Waals surface area contributed by atoms with Crippen molar-refractivity contribution in [1.29, 1.82) is 0 Å². The number of para-hydroxylation sites is 1. The van der Waals surface area contributed by atoms with E-state index in [0.29, 0.717) is 6.04 Å². The van der Waals surface area contributed by atoms with Gasteiger partial charge < -0.3 is 10.1 Å². The second kappa shape index (κ2) is 11.6. The van der Waals surface area contributed by atoms with E-state index in [1.165, 1.54) is 70.6 Å². The van der Waals surface area contributed by atoms with Gasteiger partial charge in [-0.1, -0.05) is 69.9 Å². The second-order valence-electron chi connectivity index (χ2n) is 8.99. The Morgan fingerprint density at radius 2 is 1.47 bits per heavy atom. The third kappa shape index (κ3) is 6.39. The fourth-order valence-corrected chi connectivity index (χ4v) is 4.77. The first-order valence-corrected chi connectivity index (χ1v) is 12.2. The minimum absolute atomic E-state index is 0.513. The molecule has 0 atom stereocenters. The van der Waals surface area contributed by atoms with E-state index in [4.69, 9.17) is 14.7 Å². The third-order valence-electron chi connectivity index (χ3n) is 6.56. The summed E-state index contributed by atoms with van der Waals surface area (Å²) in [7, 11) is 0. The lowest BCUT2D eigenvalue weighted by Crippen LogP contribution is -2.36. The fraction of sp³-hybridized carbons (Fsp3) is 0.680. The second-order valence-corrected chi connectivity index (χ2v) is 8.99. The number of morpholine rings is 1. The number of nitrogens with zero attached hydrogens (tertiary/aromatic N) is 3. The highest BCUT2D eigenvalue weighted by Crippen LogP contribution is 2.25. The van der Waals surface area contributed by atoms with E-state index >= 15 is 0 Å². The normalized spacial score (nSPS) is 21.1. The third-order valence-corrected chi connectivity index (χ3v) is 6.56. The highest BCUT2D eigenvalue weighted by molar-refractivity contribution is 5.89. The molecule has 1 saturated carbocycles. The van der Waals surface area contributed by atoms with Crippen LogP contribution >= 0.6 is 0 Å². The lowest BCUT2D eigenvalue weighted by atomic mass is 9.98. The molecule has 1 aromatic heterocycles. The topological polar surface area (TPSA) is 50.3 Å². The van der Waals surface area contributed by atoms with Crippen LogP contribution in [0.25, 0.3) is 10.9 Å². The number of hydrogen-bond donors (Lipinski definition) is 1. The van der Waals surface area contributed by atoms with Gasteiger partial charge in [-0.25, -0.2) is 9.97 Å². The van der Waals surface area contributed by atoms with Gasteiger partial charge in [0.1, 0.15) is 11.6 Å². The number of hydrogen-bond acceptors (Lipinski definition) is 5. The van der Waals surface area contributed by atoms with Gasteiger partial charge in [-0.2, -0.15) is 0 Å². The number of aromatic nitrogens is 2. The van der Waals surface area contributed by atoms with Crippen molar-refractivity contribution in [1.82, 2.24) is 14.9 Å². The first kappa shape index (κ1) is 21.5. The Labute approximate surface area is 181 Å². The van der Waals surface area contributed by atoms with Gasteiger partial charge in [0.25, 0.3) is 0 Å². The summed E-state index contributed by atoms with van der Waals surface area (Å²) < 4.78 is 5.49. The summed E-state index contributed by atoms with van der Waals surface area (Å²) in [6.45, 7) is 4.33. The number of benzene rings is 1. The van der Waals surface area contributed by atoms with E-state index in [0.717, 1.165) is 55.4 Å². The highest BCUT2D eigenvalue weighted by Gasteiger charge is 2.16. The summed E-state index contributed by atoms with van der Waals surface area (Å²) in [5, 5.41) is 5.01. The predicted molar refractivity (Wildman–Crippen MR) is 124 cm³/mol. The van der Waals surface area contributed by atoms with Crippen molar-refractivity contribution in [3.8, 4) is 0 Å². The molecule has 2 fully saturated rings. The van der Waals surface area contributed by atoms with Crippen molar-refractivity contribution in [3.05, 3.63) is 30.1 Å². The van der Waals surface area contributed by atoms with Crippen molar-refractivity contribution >= 4 is 16.7 Å². The maximum Gasteiger partial charge on any atom is 0.145 e. The number of rotatable bonds is 4. The summed E-state index contributed by atoms with van der Waals surface area (Å²) in [6, 6.07) is 8.96. The lowest BCUT2D eigenvalue weighted by Gasteiger charge is -2.26. The van der Waals surface area contributed by atoms with Gasteiger partial charge in [-0.3, -0.25) is 4.90 Å². The first-order chi connectivity index (χ1) is 14.9. The molecule has 0 radical (unpaired) electrons. The Balaban J connectivity index is 1.49. The van der Waals surface area contributed by atoms with Crippen LogP contribution in [-0.2, 0) is 11.3 Å². The number of anilines is 1. The minimum atomic E-state index is 0.513. The molecule has 2 heterocycles. The first-order valence-electron chi connectivity index (χ1n) is 12.2. The van der Waals surface area contributed by atoms with Crippen LogP contribution in [0, 0.1) is 0 Å². The average Bonchev–Trinajstić information content (AvgIpc) is 2.76. The molecular formula is C25H38N4O. The van der Waals surface area contributed by atoms with Crippen LogP contribution in [0.15, 0.2) is 24.3 Å². The van der Waals surface area contributed by atoms with Crippen molar-refractivity contribution in [3.63, 3.8) is 0 Å². The lowest BCUT2D eigenvalue weighted by molar-refractivity contribution is 0.0331. The van der Waals surface area contributed by atoms with E-state index in [9.17, 15) is 0 Å². The Morgan fingerprint density at radius 3 is 2.17 bits per heavy atom. The molecule has 0 spiro atoms. The van der Waals surface area contributed by atoms with Crippen molar-refractivity contribution < 1.29 is 4.74 Å². The van der Waals surface area contributed by atoms with Crippen LogP contribution in [-0.4, -0.2) is 47.2 Å². The van der Waals surface area contributed by atoms with E-state index in [1.807, 2.05) is 0 Å². The molecular weight excluding hydrogens is 372 g/mol. The zero-order chi connectivity index (χ0) is 20.4. The van der Waals surface area contributed by atoms with Gasteiger partial charge in [0.15, 0.2) is 0 Å². The van der Waals surface area contributed by atoms with E-state index in [2.05, 4.69) is 34.5 Å². The van der Waals surface area contributed by atoms with Crippen molar-refractivity contribution in [2.45, 2.75) is 83.2 Å². The molecule has 1 saturated heterocycles. The maximum atomic E-state index is 5.49. The summed E-state index contributed by atoms with van der Waals surface area (Å²) in [5.74, 6) is 1.95. The number of fused-ring (bicyclic) bond motifs is 1. The Hall–Kier alpha value is -1.72. The molecule has 30 heavy (non-hydrogen) atoms. The van der Waals surface area contributed by atoms with E-state index in [-0.39, 0.29) is 0 Å². The molecule has 1 aliphatic heterocycles. The summed E-state index contributed by atoms with van der Waals surface area (Å²) in [4.78, 5) is 12.3. The summed E-state index contributed by atoms with van der Waals surface area (Å²) >= 11 is 0. The van der Waals surface area contributed by atoms with Gasteiger partial charge in [0.05, 0.1) is 25.3 Å². The van der Waals surface area contributed by atoms with Crippen LogP contribution in [0.3, 0.4) is 0 Å². The maximum absolute atomic E-state index is 5.49. The fourth-order valence-electron chi connectivity index (χ4n) is 4.77. The van der Waals surface area contributed by atoms with Crippen molar-refractivity contribution in [2.75, 3.05) is 31.6 Å². The quantitative estimate of drug-likeness (QED) is 0.716. The Morgan fingerprint density at radius 1 is 0.833 bits per heavy atom. The van der Waals surface area contributed by atoms with Gasteiger partial charge in [0, 0.05) is 24.5 Å². The molecule has 0 unspecified atom stereocenters. The molecule has 4 rings (SSSR count). The van der Waals surface area contributed by atoms with Crippen LogP contribution in [0.4, 0.5) is 5.82 Å². The number of nitrogens with one attached hydrogen (secondary N) is 1. The standard InChI is InChI=1S/C25H38N4O/c1-2-4-6-8-12-21(13-9-7-5-3-1)26-25-22-14-10-11-15-23(22)27-24(28-25)20-29-16-18-30-19-17-29/h10-11,14-15,21H,1-9,12-13,16-20H2,(H,26,27,28). The van der Waals surface area contributed by atoms with Gasteiger partial charge in [0.2, 0.25) is 0 Å². The average molecular weight is 411 g/mol. The van der Waals surface area contributed by atoms with E-state index < -0.39 is 0 Å². The summed E-state index contributed by atoms with van der Waals surface area (Å²) in [5.41, 5.74) is 1.05. The number of ether oxygens (including phenoxy) is 1. The summed E-state index contributed by atoms with van der Waals surface area (Å²) in [6.07, 6.45) is 14.9.